The fraction of sp³-hybridized carbons (Fsp3) is 0.778. The highest BCUT2D eigenvalue weighted by Crippen LogP contribution is 1.96. The van der Waals surface area contributed by atoms with Crippen molar-refractivity contribution in [2.45, 2.75) is 32.2 Å². The summed E-state index contributed by atoms with van der Waals surface area (Å²) in [5.41, 5.74) is 5.26. The standard InChI is InChI=1S/C9H19N3O3/c1-2-7(6-8(13)14)12-9(15)11-5-3-4-10/h7H,2-6,10H2,1H3,(H,13,14)(H2,11,12,15). The molecule has 5 N–H and O–H groups in total. The smallest absolute Gasteiger partial charge is 0.315 e. The predicted octanol–water partition coefficient (Wildman–Crippen LogP) is -0.112. The molecule has 0 aromatic rings. The van der Waals surface area contributed by atoms with Crippen LogP contribution in [0.25, 0.3) is 0 Å². The molecule has 0 aliphatic rings. The number of hydrogen-bond donors (Lipinski definition) is 4. The average molecular weight is 217 g/mol. The van der Waals surface area contributed by atoms with Crippen LogP contribution in [0.1, 0.15) is 26.2 Å². The normalized spacial score (nSPS) is 11.9. The summed E-state index contributed by atoms with van der Waals surface area (Å²) in [5.74, 6) is -0.913. The monoisotopic (exact) mass is 217 g/mol. The molecular weight excluding hydrogens is 198 g/mol. The molecule has 0 aromatic heterocycles. The molecule has 0 spiro atoms. The van der Waals surface area contributed by atoms with E-state index in [-0.39, 0.29) is 18.5 Å². The molecule has 0 aliphatic carbocycles. The van der Waals surface area contributed by atoms with Crippen LogP contribution in [0.4, 0.5) is 4.79 Å². The van der Waals surface area contributed by atoms with Crippen molar-refractivity contribution in [2.75, 3.05) is 13.1 Å². The van der Waals surface area contributed by atoms with Crippen LogP contribution < -0.4 is 16.4 Å². The van der Waals surface area contributed by atoms with Crippen LogP contribution in [0, 0.1) is 0 Å². The first-order valence-electron chi connectivity index (χ1n) is 5.06. The SMILES string of the molecule is CCC(CC(=O)O)NC(=O)NCCCN. The number of carboxylic acid groups (broad SMARTS) is 1. The Bertz CT molecular complexity index is 209. The van der Waals surface area contributed by atoms with E-state index in [1.54, 1.807) is 0 Å². The number of hydrogen-bond acceptors (Lipinski definition) is 3. The third-order valence-corrected chi connectivity index (χ3v) is 1.92. The van der Waals surface area contributed by atoms with Gasteiger partial charge in [-0.1, -0.05) is 6.92 Å². The molecule has 1 unspecified atom stereocenters. The number of rotatable bonds is 7. The molecule has 0 aliphatic heterocycles. The summed E-state index contributed by atoms with van der Waals surface area (Å²) >= 11 is 0. The molecule has 6 nitrogen and oxygen atoms in total. The van der Waals surface area contributed by atoms with E-state index in [0.717, 1.165) is 0 Å². The Morgan fingerprint density at radius 1 is 1.47 bits per heavy atom. The van der Waals surface area contributed by atoms with Crippen molar-refractivity contribution in [3.63, 3.8) is 0 Å². The van der Waals surface area contributed by atoms with Gasteiger partial charge in [-0.3, -0.25) is 4.79 Å². The van der Waals surface area contributed by atoms with Gasteiger partial charge in [0.15, 0.2) is 0 Å². The Morgan fingerprint density at radius 2 is 2.13 bits per heavy atom. The van der Waals surface area contributed by atoms with E-state index in [0.29, 0.717) is 25.9 Å². The fourth-order valence-electron chi connectivity index (χ4n) is 1.05. The lowest BCUT2D eigenvalue weighted by Gasteiger charge is -2.15. The Labute approximate surface area is 89.2 Å². The van der Waals surface area contributed by atoms with Gasteiger partial charge >= 0.3 is 12.0 Å². The van der Waals surface area contributed by atoms with Crippen molar-refractivity contribution in [2.24, 2.45) is 5.73 Å². The first kappa shape index (κ1) is 13.7. The first-order chi connectivity index (χ1) is 7.10. The number of nitrogens with two attached hydrogens (primary N) is 1. The summed E-state index contributed by atoms with van der Waals surface area (Å²) in [6.45, 7) is 2.85. The molecule has 1 atom stereocenters. The van der Waals surface area contributed by atoms with E-state index in [2.05, 4.69) is 10.6 Å². The number of amides is 2. The maximum Gasteiger partial charge on any atom is 0.315 e. The van der Waals surface area contributed by atoms with Crippen LogP contribution in [0.5, 0.6) is 0 Å². The minimum absolute atomic E-state index is 0.0548. The van der Waals surface area contributed by atoms with Gasteiger partial charge in [0.2, 0.25) is 0 Å². The Morgan fingerprint density at radius 3 is 2.60 bits per heavy atom. The van der Waals surface area contributed by atoms with Crippen molar-refractivity contribution in [1.82, 2.24) is 10.6 Å². The molecule has 6 heteroatoms. The van der Waals surface area contributed by atoms with Crippen LogP contribution in [0.2, 0.25) is 0 Å². The summed E-state index contributed by atoms with van der Waals surface area (Å²) in [5, 5.41) is 13.7. The maximum atomic E-state index is 11.2. The zero-order valence-corrected chi connectivity index (χ0v) is 8.95. The first-order valence-corrected chi connectivity index (χ1v) is 5.06. The quantitative estimate of drug-likeness (QED) is 0.446. The third-order valence-electron chi connectivity index (χ3n) is 1.92. The highest BCUT2D eigenvalue weighted by molar-refractivity contribution is 5.75. The molecule has 0 heterocycles. The lowest BCUT2D eigenvalue weighted by atomic mass is 10.1. The molecule has 0 saturated carbocycles. The van der Waals surface area contributed by atoms with Crippen LogP contribution in [0.3, 0.4) is 0 Å². The molecular formula is C9H19N3O3. The van der Waals surface area contributed by atoms with Crippen molar-refractivity contribution >= 4 is 12.0 Å². The van der Waals surface area contributed by atoms with Gasteiger partial charge in [0, 0.05) is 12.6 Å². The van der Waals surface area contributed by atoms with Gasteiger partial charge in [0.05, 0.1) is 6.42 Å². The molecule has 15 heavy (non-hydrogen) atoms. The van der Waals surface area contributed by atoms with Crippen molar-refractivity contribution < 1.29 is 14.7 Å². The number of nitrogens with one attached hydrogen (secondary N) is 2. The molecule has 0 bridgehead atoms. The minimum Gasteiger partial charge on any atom is -0.481 e. The molecule has 0 radical (unpaired) electrons. The van der Waals surface area contributed by atoms with E-state index in [9.17, 15) is 9.59 Å². The molecule has 88 valence electrons. The fourth-order valence-corrected chi connectivity index (χ4v) is 1.05. The van der Waals surface area contributed by atoms with Crippen molar-refractivity contribution in [3.05, 3.63) is 0 Å². The van der Waals surface area contributed by atoms with Gasteiger partial charge < -0.3 is 21.5 Å². The van der Waals surface area contributed by atoms with Crippen molar-refractivity contribution in [1.29, 1.82) is 0 Å². The molecule has 0 aromatic carbocycles. The maximum absolute atomic E-state index is 11.2. The summed E-state index contributed by atoms with van der Waals surface area (Å²) in [7, 11) is 0. The summed E-state index contributed by atoms with van der Waals surface area (Å²) < 4.78 is 0. The Hall–Kier alpha value is -1.30. The largest absolute Gasteiger partial charge is 0.481 e. The van der Waals surface area contributed by atoms with Gasteiger partial charge in [0.25, 0.3) is 0 Å². The van der Waals surface area contributed by atoms with E-state index < -0.39 is 5.97 Å². The molecule has 2 amide bonds. The van der Waals surface area contributed by atoms with E-state index >= 15 is 0 Å². The molecule has 0 saturated heterocycles. The second-order valence-corrected chi connectivity index (χ2v) is 3.25. The van der Waals surface area contributed by atoms with Gasteiger partial charge in [-0.25, -0.2) is 4.79 Å². The number of carboxylic acids is 1. The highest BCUT2D eigenvalue weighted by Gasteiger charge is 2.13. The summed E-state index contributed by atoms with van der Waals surface area (Å²) in [6, 6.07) is -0.656. The number of carbonyl (C=O) groups is 2. The van der Waals surface area contributed by atoms with Gasteiger partial charge in [-0.2, -0.15) is 0 Å². The zero-order valence-electron chi connectivity index (χ0n) is 8.95. The number of carbonyl (C=O) groups excluding carboxylic acids is 1. The number of aliphatic carboxylic acids is 1. The predicted molar refractivity (Wildman–Crippen MR) is 56.5 cm³/mol. The van der Waals surface area contributed by atoms with Gasteiger partial charge in [-0.15, -0.1) is 0 Å². The Kier molecular flexibility index (Phi) is 7.35. The number of urea groups is 1. The minimum atomic E-state index is -0.913. The molecule has 0 fully saturated rings. The summed E-state index contributed by atoms with van der Waals surface area (Å²) in [6.07, 6.45) is 1.25. The van der Waals surface area contributed by atoms with Crippen molar-refractivity contribution in [3.8, 4) is 0 Å². The highest BCUT2D eigenvalue weighted by atomic mass is 16.4. The second-order valence-electron chi connectivity index (χ2n) is 3.25. The van der Waals surface area contributed by atoms with Gasteiger partial charge in [0.1, 0.15) is 0 Å². The van der Waals surface area contributed by atoms with E-state index in [1.165, 1.54) is 0 Å². The second kappa shape index (κ2) is 8.05. The van der Waals surface area contributed by atoms with E-state index in [1.807, 2.05) is 6.92 Å². The van der Waals surface area contributed by atoms with Gasteiger partial charge in [-0.05, 0) is 19.4 Å². The zero-order chi connectivity index (χ0) is 11.7. The van der Waals surface area contributed by atoms with Crippen LogP contribution in [0.15, 0.2) is 0 Å². The summed E-state index contributed by atoms with van der Waals surface area (Å²) in [4.78, 5) is 21.6. The van der Waals surface area contributed by atoms with Crippen LogP contribution in [-0.4, -0.2) is 36.2 Å². The van der Waals surface area contributed by atoms with Crippen LogP contribution >= 0.6 is 0 Å². The topological polar surface area (TPSA) is 104 Å². The average Bonchev–Trinajstić information content (AvgIpc) is 2.16. The van der Waals surface area contributed by atoms with Crippen LogP contribution in [-0.2, 0) is 4.79 Å². The third kappa shape index (κ3) is 7.75. The lowest BCUT2D eigenvalue weighted by Crippen LogP contribution is -2.43. The molecule has 0 rings (SSSR count). The Balaban J connectivity index is 3.75. The lowest BCUT2D eigenvalue weighted by molar-refractivity contribution is -0.137. The van der Waals surface area contributed by atoms with E-state index in [4.69, 9.17) is 10.8 Å².